The third-order valence-corrected chi connectivity index (χ3v) is 3.55. The normalized spacial score (nSPS) is 18.9. The Morgan fingerprint density at radius 2 is 2.00 bits per heavy atom. The number of carboxylic acids is 1. The van der Waals surface area contributed by atoms with Crippen molar-refractivity contribution in [2.45, 2.75) is 32.7 Å². The average molecular weight is 276 g/mol. The monoisotopic (exact) mass is 276 g/mol. The number of para-hydroxylation sites is 1. The van der Waals surface area contributed by atoms with Gasteiger partial charge in [-0.15, -0.1) is 0 Å². The number of fused-ring (bicyclic) bond motifs is 1. The molecule has 0 aromatic heterocycles. The van der Waals surface area contributed by atoms with Gasteiger partial charge in [0.05, 0.1) is 5.92 Å². The zero-order valence-corrected chi connectivity index (χ0v) is 11.9. The minimum Gasteiger partial charge on any atom is -0.480 e. The highest BCUT2D eigenvalue weighted by atomic mass is 16.4. The zero-order valence-electron chi connectivity index (χ0n) is 11.9. The fourth-order valence-electron chi connectivity index (χ4n) is 2.41. The molecule has 1 amide bonds. The summed E-state index contributed by atoms with van der Waals surface area (Å²) in [5, 5.41) is 15.1. The van der Waals surface area contributed by atoms with E-state index in [1.54, 1.807) is 20.8 Å². The van der Waals surface area contributed by atoms with Gasteiger partial charge in [0.15, 0.2) is 0 Å². The maximum absolute atomic E-state index is 12.4. The van der Waals surface area contributed by atoms with E-state index in [1.165, 1.54) is 0 Å². The number of hydrogen-bond acceptors (Lipinski definition) is 3. The fraction of sp³-hybridized carbons (Fsp3) is 0.467. The summed E-state index contributed by atoms with van der Waals surface area (Å²) in [6.07, 6.45) is 0. The van der Waals surface area contributed by atoms with Crippen molar-refractivity contribution in [2.75, 3.05) is 11.9 Å². The van der Waals surface area contributed by atoms with Gasteiger partial charge in [0.2, 0.25) is 5.91 Å². The van der Waals surface area contributed by atoms with Crippen LogP contribution in [0.5, 0.6) is 0 Å². The lowest BCUT2D eigenvalue weighted by molar-refractivity contribution is -0.145. The predicted molar refractivity (Wildman–Crippen MR) is 76.7 cm³/mol. The fourth-order valence-corrected chi connectivity index (χ4v) is 2.41. The molecule has 0 fully saturated rings. The Balaban J connectivity index is 2.15. The summed E-state index contributed by atoms with van der Waals surface area (Å²) < 4.78 is 0. The highest BCUT2D eigenvalue weighted by molar-refractivity contribution is 5.91. The second-order valence-electron chi connectivity index (χ2n) is 6.17. The molecule has 0 saturated carbocycles. The Hall–Kier alpha value is -2.04. The van der Waals surface area contributed by atoms with E-state index in [2.05, 4.69) is 10.6 Å². The molecule has 0 radical (unpaired) electrons. The Kier molecular flexibility index (Phi) is 3.70. The van der Waals surface area contributed by atoms with E-state index in [0.29, 0.717) is 6.54 Å². The van der Waals surface area contributed by atoms with E-state index >= 15 is 0 Å². The molecule has 3 N–H and O–H groups in total. The molecule has 20 heavy (non-hydrogen) atoms. The first-order valence-electron chi connectivity index (χ1n) is 6.66. The first-order valence-corrected chi connectivity index (χ1v) is 6.66. The molecule has 1 aliphatic heterocycles. The molecule has 1 aliphatic rings. The molecule has 0 spiro atoms. The second kappa shape index (κ2) is 5.15. The Morgan fingerprint density at radius 3 is 2.60 bits per heavy atom. The van der Waals surface area contributed by atoms with Gasteiger partial charge in [-0.2, -0.15) is 0 Å². The molecule has 1 aromatic carbocycles. The van der Waals surface area contributed by atoms with Gasteiger partial charge in [0, 0.05) is 12.2 Å². The summed E-state index contributed by atoms with van der Waals surface area (Å²) in [6, 6.07) is 6.70. The van der Waals surface area contributed by atoms with Crippen LogP contribution in [0.4, 0.5) is 5.69 Å². The lowest BCUT2D eigenvalue weighted by atomic mass is 9.86. The van der Waals surface area contributed by atoms with Crippen LogP contribution in [0.3, 0.4) is 0 Å². The van der Waals surface area contributed by atoms with E-state index in [4.69, 9.17) is 0 Å². The van der Waals surface area contributed by atoms with Crippen LogP contribution >= 0.6 is 0 Å². The molecule has 5 nitrogen and oxygen atoms in total. The van der Waals surface area contributed by atoms with Gasteiger partial charge in [-0.1, -0.05) is 39.0 Å². The largest absolute Gasteiger partial charge is 0.480 e. The number of amides is 1. The average Bonchev–Trinajstić information content (AvgIpc) is 2.77. The van der Waals surface area contributed by atoms with Gasteiger partial charge < -0.3 is 15.7 Å². The van der Waals surface area contributed by atoms with Crippen LogP contribution in [0, 0.1) is 5.41 Å². The van der Waals surface area contributed by atoms with Crippen molar-refractivity contribution in [3.8, 4) is 0 Å². The molecule has 1 heterocycles. The molecular weight excluding hydrogens is 256 g/mol. The van der Waals surface area contributed by atoms with Gasteiger partial charge >= 0.3 is 5.97 Å². The van der Waals surface area contributed by atoms with E-state index in [1.807, 2.05) is 24.3 Å². The third kappa shape index (κ3) is 2.76. The molecule has 2 unspecified atom stereocenters. The van der Waals surface area contributed by atoms with E-state index in [9.17, 15) is 14.7 Å². The van der Waals surface area contributed by atoms with Crippen LogP contribution in [0.15, 0.2) is 24.3 Å². The summed E-state index contributed by atoms with van der Waals surface area (Å²) in [5.74, 6) is -1.59. The first-order chi connectivity index (χ1) is 9.30. The summed E-state index contributed by atoms with van der Waals surface area (Å²) in [5.41, 5.74) is 1.32. The van der Waals surface area contributed by atoms with E-state index in [0.717, 1.165) is 11.3 Å². The minimum atomic E-state index is -1.01. The van der Waals surface area contributed by atoms with E-state index < -0.39 is 17.4 Å². The number of carbonyl (C=O) groups excluding carboxylic acids is 1. The van der Waals surface area contributed by atoms with Crippen molar-refractivity contribution in [2.24, 2.45) is 5.41 Å². The first kappa shape index (κ1) is 14.4. The quantitative estimate of drug-likeness (QED) is 0.786. The number of anilines is 1. The molecule has 0 bridgehead atoms. The molecule has 108 valence electrons. The summed E-state index contributed by atoms with van der Waals surface area (Å²) in [4.78, 5) is 23.7. The lowest BCUT2D eigenvalue weighted by Crippen LogP contribution is -2.50. The molecular formula is C15H20N2O3. The number of benzene rings is 1. The van der Waals surface area contributed by atoms with E-state index in [-0.39, 0.29) is 11.8 Å². The minimum absolute atomic E-state index is 0.246. The predicted octanol–water partition coefficient (Wildman–Crippen LogP) is 1.81. The van der Waals surface area contributed by atoms with Gasteiger partial charge in [-0.25, -0.2) is 4.79 Å². The highest BCUT2D eigenvalue weighted by Gasteiger charge is 2.36. The van der Waals surface area contributed by atoms with Gasteiger partial charge in [-0.05, 0) is 17.0 Å². The molecule has 0 aliphatic carbocycles. The van der Waals surface area contributed by atoms with Crippen molar-refractivity contribution in [3.05, 3.63) is 29.8 Å². The Morgan fingerprint density at radius 1 is 1.35 bits per heavy atom. The number of rotatable bonds is 3. The number of aliphatic carboxylic acids is 1. The van der Waals surface area contributed by atoms with Crippen LogP contribution in [-0.4, -0.2) is 29.6 Å². The lowest BCUT2D eigenvalue weighted by Gasteiger charge is -2.28. The van der Waals surface area contributed by atoms with Gasteiger partial charge in [0.25, 0.3) is 0 Å². The Labute approximate surface area is 118 Å². The van der Waals surface area contributed by atoms with Gasteiger partial charge in [0.1, 0.15) is 6.04 Å². The van der Waals surface area contributed by atoms with Gasteiger partial charge in [-0.3, -0.25) is 4.79 Å². The number of carboxylic acid groups (broad SMARTS) is 1. The van der Waals surface area contributed by atoms with Crippen LogP contribution in [0.2, 0.25) is 0 Å². The molecule has 2 rings (SSSR count). The smallest absolute Gasteiger partial charge is 0.326 e. The molecule has 5 heteroatoms. The molecule has 2 atom stereocenters. The zero-order chi connectivity index (χ0) is 14.9. The van der Waals surface area contributed by atoms with Crippen LogP contribution in [0.25, 0.3) is 0 Å². The van der Waals surface area contributed by atoms with Crippen LogP contribution < -0.4 is 10.6 Å². The summed E-state index contributed by atoms with van der Waals surface area (Å²) >= 11 is 0. The van der Waals surface area contributed by atoms with Crippen molar-refractivity contribution in [3.63, 3.8) is 0 Å². The maximum Gasteiger partial charge on any atom is 0.326 e. The third-order valence-electron chi connectivity index (χ3n) is 3.55. The highest BCUT2D eigenvalue weighted by Crippen LogP contribution is 2.31. The van der Waals surface area contributed by atoms with Crippen molar-refractivity contribution >= 4 is 17.6 Å². The van der Waals surface area contributed by atoms with Crippen LogP contribution in [0.1, 0.15) is 32.3 Å². The molecule has 1 aromatic rings. The maximum atomic E-state index is 12.4. The summed E-state index contributed by atoms with van der Waals surface area (Å²) in [6.45, 7) is 5.90. The van der Waals surface area contributed by atoms with Crippen molar-refractivity contribution < 1.29 is 14.7 Å². The number of hydrogen-bond donors (Lipinski definition) is 3. The number of carbonyl (C=O) groups is 2. The van der Waals surface area contributed by atoms with Crippen molar-refractivity contribution in [1.29, 1.82) is 0 Å². The summed E-state index contributed by atoms with van der Waals surface area (Å²) in [7, 11) is 0. The number of nitrogens with one attached hydrogen (secondary N) is 2. The topological polar surface area (TPSA) is 78.4 Å². The molecule has 0 saturated heterocycles. The van der Waals surface area contributed by atoms with Crippen molar-refractivity contribution in [1.82, 2.24) is 5.32 Å². The SMILES string of the molecule is CC(C)(C)C(NC(=O)C1CNc2ccccc21)C(=O)O. The Bertz CT molecular complexity index is 534. The standard InChI is InChI=1S/C15H20N2O3/c1-15(2,3)12(14(19)20)17-13(18)10-8-16-11-7-5-4-6-9(10)11/h4-7,10,12,16H,8H2,1-3H3,(H,17,18)(H,19,20). The second-order valence-corrected chi connectivity index (χ2v) is 6.17. The van der Waals surface area contributed by atoms with Crippen LogP contribution in [-0.2, 0) is 9.59 Å².